The fraction of sp³-hybridized carbons (Fsp3) is 0.241. The SMILES string of the molecule is CC/C(C)=C(/C)c1cc(Oc2ccc(C(=O)Nc3ccc(CCC=O)c(O)c3)cc2)ccc1C. The summed E-state index contributed by atoms with van der Waals surface area (Å²) in [6.45, 7) is 8.53. The number of phenols is 1. The molecule has 3 rings (SSSR count). The number of carbonyl (C=O) groups excluding carboxylic acids is 2. The maximum atomic E-state index is 12.6. The number of aromatic hydroxyl groups is 1. The second kappa shape index (κ2) is 11.3. The van der Waals surface area contributed by atoms with Crippen LogP contribution in [0.1, 0.15) is 60.7 Å². The summed E-state index contributed by atoms with van der Waals surface area (Å²) in [6.07, 6.45) is 2.61. The van der Waals surface area contributed by atoms with Gasteiger partial charge in [0.25, 0.3) is 5.91 Å². The van der Waals surface area contributed by atoms with Crippen molar-refractivity contribution in [2.75, 3.05) is 5.32 Å². The molecule has 0 unspecified atom stereocenters. The predicted molar refractivity (Wildman–Crippen MR) is 137 cm³/mol. The molecule has 0 aliphatic carbocycles. The number of carbonyl (C=O) groups is 2. The lowest BCUT2D eigenvalue weighted by Gasteiger charge is -2.13. The summed E-state index contributed by atoms with van der Waals surface area (Å²) < 4.78 is 6.04. The van der Waals surface area contributed by atoms with Gasteiger partial charge >= 0.3 is 0 Å². The first-order chi connectivity index (χ1) is 16.3. The fourth-order valence-corrected chi connectivity index (χ4v) is 3.64. The number of anilines is 1. The van der Waals surface area contributed by atoms with Crippen LogP contribution in [0.25, 0.3) is 5.57 Å². The predicted octanol–water partition coefficient (Wildman–Crippen LogP) is 7.08. The van der Waals surface area contributed by atoms with Crippen molar-refractivity contribution in [3.05, 3.63) is 88.5 Å². The Balaban J connectivity index is 1.69. The molecule has 2 N–H and O–H groups in total. The fourth-order valence-electron chi connectivity index (χ4n) is 3.64. The molecule has 0 bridgehead atoms. The van der Waals surface area contributed by atoms with Gasteiger partial charge in [0.2, 0.25) is 0 Å². The van der Waals surface area contributed by atoms with Gasteiger partial charge in [-0.25, -0.2) is 0 Å². The lowest BCUT2D eigenvalue weighted by Crippen LogP contribution is -2.11. The number of allylic oxidation sites excluding steroid dienone is 2. The van der Waals surface area contributed by atoms with Gasteiger partial charge in [-0.15, -0.1) is 0 Å². The van der Waals surface area contributed by atoms with Crippen LogP contribution in [0, 0.1) is 6.92 Å². The van der Waals surface area contributed by atoms with Crippen LogP contribution in [0.15, 0.2) is 66.2 Å². The first-order valence-electron chi connectivity index (χ1n) is 11.4. The number of aldehydes is 1. The average Bonchev–Trinajstić information content (AvgIpc) is 2.84. The van der Waals surface area contributed by atoms with Crippen LogP contribution < -0.4 is 10.1 Å². The Morgan fingerprint density at radius 1 is 1.00 bits per heavy atom. The van der Waals surface area contributed by atoms with Gasteiger partial charge in [-0.05, 0) is 98.3 Å². The van der Waals surface area contributed by atoms with E-state index in [0.29, 0.717) is 35.4 Å². The molecule has 0 saturated heterocycles. The van der Waals surface area contributed by atoms with Crippen molar-refractivity contribution in [1.29, 1.82) is 0 Å². The van der Waals surface area contributed by atoms with Crippen molar-refractivity contribution in [3.8, 4) is 17.2 Å². The van der Waals surface area contributed by atoms with Gasteiger partial charge in [-0.3, -0.25) is 4.79 Å². The number of nitrogens with one attached hydrogen (secondary N) is 1. The molecule has 0 aliphatic heterocycles. The largest absolute Gasteiger partial charge is 0.508 e. The highest BCUT2D eigenvalue weighted by atomic mass is 16.5. The van der Waals surface area contributed by atoms with Crippen molar-refractivity contribution in [2.24, 2.45) is 0 Å². The van der Waals surface area contributed by atoms with Crippen LogP contribution in [0.4, 0.5) is 5.69 Å². The van der Waals surface area contributed by atoms with Gasteiger partial charge in [0.15, 0.2) is 0 Å². The van der Waals surface area contributed by atoms with Crippen LogP contribution in [0.5, 0.6) is 17.2 Å². The van der Waals surface area contributed by atoms with Gasteiger partial charge in [-0.2, -0.15) is 0 Å². The van der Waals surface area contributed by atoms with Gasteiger partial charge in [0.05, 0.1) is 0 Å². The van der Waals surface area contributed by atoms with Gasteiger partial charge < -0.3 is 20.0 Å². The third-order valence-electron chi connectivity index (χ3n) is 6.01. The van der Waals surface area contributed by atoms with E-state index in [9.17, 15) is 14.7 Å². The molecule has 3 aromatic rings. The third kappa shape index (κ3) is 6.13. The average molecular weight is 458 g/mol. The zero-order valence-corrected chi connectivity index (χ0v) is 20.1. The first-order valence-corrected chi connectivity index (χ1v) is 11.4. The van der Waals surface area contributed by atoms with E-state index in [0.717, 1.165) is 18.5 Å². The monoisotopic (exact) mass is 457 g/mol. The number of phenolic OH excluding ortho intramolecular Hbond substituents is 1. The second-order valence-corrected chi connectivity index (χ2v) is 8.37. The van der Waals surface area contributed by atoms with E-state index in [2.05, 4.69) is 45.1 Å². The number of rotatable bonds is 9. The molecule has 0 heterocycles. The Kier molecular flexibility index (Phi) is 8.25. The Hall–Kier alpha value is -3.86. The van der Waals surface area contributed by atoms with Crippen molar-refractivity contribution in [2.45, 2.75) is 47.0 Å². The summed E-state index contributed by atoms with van der Waals surface area (Å²) in [5.74, 6) is 1.14. The quantitative estimate of drug-likeness (QED) is 0.337. The van der Waals surface area contributed by atoms with Gasteiger partial charge in [-0.1, -0.05) is 24.6 Å². The summed E-state index contributed by atoms with van der Waals surface area (Å²) in [7, 11) is 0. The maximum Gasteiger partial charge on any atom is 0.255 e. The van der Waals surface area contributed by atoms with E-state index >= 15 is 0 Å². The number of hydrogen-bond donors (Lipinski definition) is 2. The van der Waals surface area contributed by atoms with Crippen molar-refractivity contribution in [1.82, 2.24) is 0 Å². The molecule has 176 valence electrons. The van der Waals surface area contributed by atoms with Crippen molar-refractivity contribution >= 4 is 23.5 Å². The molecule has 0 saturated carbocycles. The number of amides is 1. The highest BCUT2D eigenvalue weighted by molar-refractivity contribution is 6.04. The summed E-state index contributed by atoms with van der Waals surface area (Å²) in [5, 5.41) is 12.9. The summed E-state index contributed by atoms with van der Waals surface area (Å²) in [6, 6.07) is 17.9. The van der Waals surface area contributed by atoms with Crippen LogP contribution in [-0.2, 0) is 11.2 Å². The molecule has 0 fully saturated rings. The van der Waals surface area contributed by atoms with E-state index in [1.165, 1.54) is 28.3 Å². The van der Waals surface area contributed by atoms with E-state index in [4.69, 9.17) is 4.74 Å². The van der Waals surface area contributed by atoms with Crippen LogP contribution in [0.2, 0.25) is 0 Å². The smallest absolute Gasteiger partial charge is 0.255 e. The number of hydrogen-bond acceptors (Lipinski definition) is 4. The Morgan fingerprint density at radius 3 is 2.35 bits per heavy atom. The Bertz CT molecular complexity index is 1210. The summed E-state index contributed by atoms with van der Waals surface area (Å²) >= 11 is 0. The molecule has 34 heavy (non-hydrogen) atoms. The normalized spacial score (nSPS) is 11.5. The van der Waals surface area contributed by atoms with E-state index in [-0.39, 0.29) is 11.7 Å². The molecular weight excluding hydrogens is 426 g/mol. The van der Waals surface area contributed by atoms with Crippen LogP contribution >= 0.6 is 0 Å². The highest BCUT2D eigenvalue weighted by Crippen LogP contribution is 2.30. The first kappa shape index (κ1) is 24.8. The minimum Gasteiger partial charge on any atom is -0.508 e. The van der Waals surface area contributed by atoms with Gasteiger partial charge in [0, 0.05) is 23.7 Å². The molecular formula is C29H31NO4. The van der Waals surface area contributed by atoms with Crippen LogP contribution in [0.3, 0.4) is 0 Å². The van der Waals surface area contributed by atoms with E-state index in [1.807, 2.05) is 6.07 Å². The zero-order valence-electron chi connectivity index (χ0n) is 20.1. The second-order valence-electron chi connectivity index (χ2n) is 8.37. The minimum atomic E-state index is -0.292. The molecule has 0 aromatic heterocycles. The Labute approximate surface area is 201 Å². The number of ether oxygens (including phenoxy) is 1. The zero-order chi connectivity index (χ0) is 24.7. The van der Waals surface area contributed by atoms with E-state index in [1.54, 1.807) is 36.4 Å². The van der Waals surface area contributed by atoms with Crippen molar-refractivity contribution < 1.29 is 19.4 Å². The maximum absolute atomic E-state index is 12.6. The molecule has 5 heteroatoms. The lowest BCUT2D eigenvalue weighted by molar-refractivity contribution is -0.107. The molecule has 0 spiro atoms. The summed E-state index contributed by atoms with van der Waals surface area (Å²) in [4.78, 5) is 23.1. The third-order valence-corrected chi connectivity index (χ3v) is 6.01. The molecule has 0 radical (unpaired) electrons. The van der Waals surface area contributed by atoms with Gasteiger partial charge in [0.1, 0.15) is 23.5 Å². The lowest BCUT2D eigenvalue weighted by atomic mass is 9.96. The van der Waals surface area contributed by atoms with E-state index < -0.39 is 0 Å². The molecule has 5 nitrogen and oxygen atoms in total. The van der Waals surface area contributed by atoms with Crippen molar-refractivity contribution in [3.63, 3.8) is 0 Å². The number of aryl methyl sites for hydroxylation is 2. The summed E-state index contributed by atoms with van der Waals surface area (Å²) in [5.41, 5.74) is 6.61. The standard InChI is InChI=1S/C29H31NO4/c1-5-19(2)21(4)27-18-26(13-8-20(27)3)34-25-14-10-23(11-15-25)29(33)30-24-12-9-22(7-6-16-31)28(32)17-24/h8-18,32H,5-7H2,1-4H3,(H,30,33)/b21-19-. The van der Waals surface area contributed by atoms with Crippen LogP contribution in [-0.4, -0.2) is 17.3 Å². The molecule has 0 atom stereocenters. The highest BCUT2D eigenvalue weighted by Gasteiger charge is 2.10. The minimum absolute atomic E-state index is 0.0556. The Morgan fingerprint density at radius 2 is 1.71 bits per heavy atom. The topological polar surface area (TPSA) is 75.6 Å². The number of benzene rings is 3. The molecule has 1 amide bonds. The molecule has 0 aliphatic rings. The molecule has 3 aromatic carbocycles.